The molecule has 7 nitrogen and oxygen atoms in total. The smallest absolute Gasteiger partial charge is 0.257 e. The molecule has 2 aromatic heterocycles. The van der Waals surface area contributed by atoms with Crippen LogP contribution in [0.2, 0.25) is 0 Å². The molecule has 0 aliphatic carbocycles. The predicted molar refractivity (Wildman–Crippen MR) is 77.4 cm³/mol. The van der Waals surface area contributed by atoms with Crippen molar-refractivity contribution in [1.82, 2.24) is 29.7 Å². The molecule has 3 aromatic rings. The summed E-state index contributed by atoms with van der Waals surface area (Å²) in [6.45, 7) is 0. The van der Waals surface area contributed by atoms with Crippen molar-refractivity contribution in [2.75, 3.05) is 5.73 Å². The summed E-state index contributed by atoms with van der Waals surface area (Å²) < 4.78 is 2.45. The number of aromatic nitrogens is 6. The van der Waals surface area contributed by atoms with E-state index in [-0.39, 0.29) is 5.95 Å². The number of hydrogen-bond acceptors (Lipinski definition) is 7. The average Bonchev–Trinajstić information content (AvgIpc) is 2.95. The van der Waals surface area contributed by atoms with Crippen molar-refractivity contribution in [3.05, 3.63) is 41.4 Å². The Morgan fingerprint density at radius 1 is 1.10 bits per heavy atom. The van der Waals surface area contributed by atoms with E-state index in [0.29, 0.717) is 11.1 Å². The molecule has 0 amide bonds. The highest BCUT2D eigenvalue weighted by Crippen LogP contribution is 2.26. The molecule has 0 saturated carbocycles. The molecule has 0 unspecified atom stereocenters. The first-order valence-corrected chi connectivity index (χ1v) is 7.11. The van der Waals surface area contributed by atoms with E-state index in [1.165, 1.54) is 29.1 Å². The Morgan fingerprint density at radius 2 is 1.90 bits per heavy atom. The van der Waals surface area contributed by atoms with Crippen molar-refractivity contribution in [1.29, 1.82) is 0 Å². The Balaban J connectivity index is 1.92. The average molecular weight is 350 g/mol. The molecule has 2 heterocycles. The van der Waals surface area contributed by atoms with Gasteiger partial charge in [-0.1, -0.05) is 15.9 Å². The van der Waals surface area contributed by atoms with Crippen LogP contribution in [0.25, 0.3) is 5.95 Å². The molecule has 100 valence electrons. The second-order valence-electron chi connectivity index (χ2n) is 3.67. The number of halogens is 1. The van der Waals surface area contributed by atoms with Crippen molar-refractivity contribution in [2.24, 2.45) is 0 Å². The third-order valence-corrected chi connectivity index (χ3v) is 3.67. The second-order valence-corrected chi connectivity index (χ2v) is 5.63. The van der Waals surface area contributed by atoms with Gasteiger partial charge in [0, 0.05) is 9.37 Å². The van der Waals surface area contributed by atoms with E-state index in [1.807, 2.05) is 24.3 Å². The molecule has 1 aromatic carbocycles. The van der Waals surface area contributed by atoms with Gasteiger partial charge in [0.1, 0.15) is 12.7 Å². The first kappa shape index (κ1) is 13.0. The molecular weight excluding hydrogens is 342 g/mol. The fourth-order valence-electron chi connectivity index (χ4n) is 1.43. The largest absolute Gasteiger partial charge is 0.368 e. The van der Waals surface area contributed by atoms with E-state index in [4.69, 9.17) is 5.73 Å². The monoisotopic (exact) mass is 349 g/mol. The van der Waals surface area contributed by atoms with Crippen molar-refractivity contribution in [3.63, 3.8) is 0 Å². The third-order valence-electron chi connectivity index (χ3n) is 2.27. The normalized spacial score (nSPS) is 10.7. The van der Waals surface area contributed by atoms with Gasteiger partial charge in [0.2, 0.25) is 5.95 Å². The van der Waals surface area contributed by atoms with E-state index in [1.54, 1.807) is 0 Å². The zero-order valence-corrected chi connectivity index (χ0v) is 12.4. The minimum atomic E-state index is 0.144. The number of rotatable bonds is 3. The molecule has 0 spiro atoms. The van der Waals surface area contributed by atoms with Gasteiger partial charge in [-0.25, -0.2) is 4.98 Å². The second kappa shape index (κ2) is 5.55. The maximum absolute atomic E-state index is 5.70. The first-order valence-electron chi connectivity index (χ1n) is 5.51. The van der Waals surface area contributed by atoms with Gasteiger partial charge in [0.05, 0.1) is 0 Å². The van der Waals surface area contributed by atoms with Crippen LogP contribution in [-0.4, -0.2) is 29.7 Å². The minimum absolute atomic E-state index is 0.144. The summed E-state index contributed by atoms with van der Waals surface area (Å²) in [5.74, 6) is 0.486. The fraction of sp³-hybridized carbons (Fsp3) is 0. The molecule has 20 heavy (non-hydrogen) atoms. The zero-order valence-electron chi connectivity index (χ0n) is 10.0. The van der Waals surface area contributed by atoms with E-state index < -0.39 is 0 Å². The fourth-order valence-corrected chi connectivity index (χ4v) is 2.44. The third kappa shape index (κ3) is 2.94. The van der Waals surface area contributed by atoms with Crippen LogP contribution in [0.4, 0.5) is 5.95 Å². The highest BCUT2D eigenvalue weighted by atomic mass is 79.9. The predicted octanol–water partition coefficient (Wildman–Crippen LogP) is 1.95. The Bertz CT molecular complexity index is 714. The van der Waals surface area contributed by atoms with Gasteiger partial charge in [-0.15, -0.1) is 0 Å². The number of hydrogen-bond donors (Lipinski definition) is 1. The SMILES string of the molecule is Nc1nc(Sc2ccc(Br)cc2)nc(-n2cncn2)n1. The summed E-state index contributed by atoms with van der Waals surface area (Å²) in [6, 6.07) is 7.82. The van der Waals surface area contributed by atoms with Gasteiger partial charge in [0.15, 0.2) is 5.16 Å². The quantitative estimate of drug-likeness (QED) is 0.771. The molecule has 2 N–H and O–H groups in total. The number of nitrogen functional groups attached to an aromatic ring is 1. The Morgan fingerprint density at radius 3 is 2.60 bits per heavy atom. The topological polar surface area (TPSA) is 95.4 Å². The highest BCUT2D eigenvalue weighted by molar-refractivity contribution is 9.10. The standard InChI is InChI=1S/C11H8BrN7S/c12-7-1-3-8(4-2-7)20-11-17-9(13)16-10(18-11)19-6-14-5-15-19/h1-6H,(H2,13,16,17,18). The van der Waals surface area contributed by atoms with E-state index in [0.717, 1.165) is 9.37 Å². The molecular formula is C11H8BrN7S. The van der Waals surface area contributed by atoms with Gasteiger partial charge in [-0.05, 0) is 36.0 Å². The van der Waals surface area contributed by atoms with Crippen molar-refractivity contribution in [3.8, 4) is 5.95 Å². The van der Waals surface area contributed by atoms with Gasteiger partial charge in [-0.2, -0.15) is 24.7 Å². The van der Waals surface area contributed by atoms with Gasteiger partial charge >= 0.3 is 0 Å². The van der Waals surface area contributed by atoms with Crippen molar-refractivity contribution >= 4 is 33.6 Å². The summed E-state index contributed by atoms with van der Waals surface area (Å²) >= 11 is 4.79. The molecule has 0 fully saturated rings. The van der Waals surface area contributed by atoms with Crippen LogP contribution in [0.1, 0.15) is 0 Å². The number of benzene rings is 1. The highest BCUT2D eigenvalue weighted by Gasteiger charge is 2.08. The van der Waals surface area contributed by atoms with Crippen molar-refractivity contribution in [2.45, 2.75) is 10.1 Å². The number of nitrogens with zero attached hydrogens (tertiary/aromatic N) is 6. The molecule has 0 atom stereocenters. The number of anilines is 1. The molecule has 3 rings (SSSR count). The summed E-state index contributed by atoms with van der Waals surface area (Å²) in [7, 11) is 0. The maximum Gasteiger partial charge on any atom is 0.257 e. The Kier molecular flexibility index (Phi) is 3.61. The summed E-state index contributed by atoms with van der Waals surface area (Å²) in [4.78, 5) is 17.3. The lowest BCUT2D eigenvalue weighted by Crippen LogP contribution is -2.07. The lowest BCUT2D eigenvalue weighted by atomic mass is 10.4. The van der Waals surface area contributed by atoms with Gasteiger partial charge < -0.3 is 5.73 Å². The molecule has 0 radical (unpaired) electrons. The maximum atomic E-state index is 5.70. The molecule has 9 heteroatoms. The molecule has 0 bridgehead atoms. The zero-order chi connectivity index (χ0) is 13.9. The van der Waals surface area contributed by atoms with Gasteiger partial charge in [0.25, 0.3) is 5.95 Å². The van der Waals surface area contributed by atoms with E-state index in [9.17, 15) is 0 Å². The van der Waals surface area contributed by atoms with Crippen LogP contribution < -0.4 is 5.73 Å². The van der Waals surface area contributed by atoms with Crippen LogP contribution in [0.3, 0.4) is 0 Å². The molecule has 0 aliphatic heterocycles. The Labute approximate surface area is 126 Å². The molecule has 0 saturated heterocycles. The van der Waals surface area contributed by atoms with Crippen LogP contribution in [-0.2, 0) is 0 Å². The van der Waals surface area contributed by atoms with Crippen LogP contribution in [0.15, 0.2) is 51.4 Å². The molecule has 0 aliphatic rings. The lowest BCUT2D eigenvalue weighted by Gasteiger charge is -2.04. The van der Waals surface area contributed by atoms with E-state index in [2.05, 4.69) is 41.0 Å². The summed E-state index contributed by atoms with van der Waals surface area (Å²) in [5.41, 5.74) is 5.70. The van der Waals surface area contributed by atoms with Crippen LogP contribution in [0.5, 0.6) is 0 Å². The number of nitrogens with two attached hydrogens (primary N) is 1. The Hall–Kier alpha value is -2.00. The minimum Gasteiger partial charge on any atom is -0.368 e. The summed E-state index contributed by atoms with van der Waals surface area (Å²) in [5, 5.41) is 4.47. The first-order chi connectivity index (χ1) is 9.70. The lowest BCUT2D eigenvalue weighted by molar-refractivity contribution is 0.763. The van der Waals surface area contributed by atoms with Crippen molar-refractivity contribution < 1.29 is 0 Å². The van der Waals surface area contributed by atoms with Crippen LogP contribution in [0, 0.1) is 0 Å². The van der Waals surface area contributed by atoms with E-state index >= 15 is 0 Å². The van der Waals surface area contributed by atoms with Gasteiger partial charge in [-0.3, -0.25) is 0 Å². The van der Waals surface area contributed by atoms with Crippen LogP contribution >= 0.6 is 27.7 Å². The summed E-state index contributed by atoms with van der Waals surface area (Å²) in [6.07, 6.45) is 2.91.